The van der Waals surface area contributed by atoms with Gasteiger partial charge in [-0.1, -0.05) is 50.2 Å². The summed E-state index contributed by atoms with van der Waals surface area (Å²) in [5.41, 5.74) is 6.57. The van der Waals surface area contributed by atoms with E-state index in [0.717, 1.165) is 16.9 Å². The Bertz CT molecular complexity index is 959. The molecule has 3 aromatic rings. The quantitative estimate of drug-likeness (QED) is 0.475. The van der Waals surface area contributed by atoms with Crippen molar-refractivity contribution in [1.29, 1.82) is 0 Å². The molecule has 2 N–H and O–H groups in total. The van der Waals surface area contributed by atoms with E-state index < -0.39 is 0 Å². The van der Waals surface area contributed by atoms with Crippen LogP contribution in [-0.4, -0.2) is 28.9 Å². The number of nitrogens with one attached hydrogen (secondary N) is 2. The topological polar surface area (TPSA) is 79.4 Å². The number of nitrogens with zero attached hydrogens (tertiary/aromatic N) is 2. The number of carbonyl (C=O) groups excluding carboxylic acids is 1. The largest absolute Gasteiger partial charge is 0.494 e. The zero-order valence-electron chi connectivity index (χ0n) is 16.3. The summed E-state index contributed by atoms with van der Waals surface area (Å²) in [5.74, 6) is 0.895. The average molecular weight is 376 g/mol. The molecule has 28 heavy (non-hydrogen) atoms. The molecule has 0 aliphatic rings. The number of ether oxygens (including phenoxy) is 1. The Labute approximate surface area is 164 Å². The second kappa shape index (κ2) is 8.99. The lowest BCUT2D eigenvalue weighted by Gasteiger charge is -2.04. The fourth-order valence-electron chi connectivity index (χ4n) is 2.69. The highest BCUT2D eigenvalue weighted by Crippen LogP contribution is 2.22. The SMILES string of the molecule is CCOc1cccc(-c2cc(C(=O)N/N=C/c3ccc(C(C)C)cc3)[nH]n2)c1. The first-order chi connectivity index (χ1) is 13.6. The highest BCUT2D eigenvalue weighted by atomic mass is 16.5. The van der Waals surface area contributed by atoms with Crippen molar-refractivity contribution in [3.05, 3.63) is 71.4 Å². The molecule has 3 rings (SSSR count). The summed E-state index contributed by atoms with van der Waals surface area (Å²) in [6.07, 6.45) is 1.62. The molecule has 0 saturated carbocycles. The van der Waals surface area contributed by atoms with Gasteiger partial charge in [-0.25, -0.2) is 5.43 Å². The molecule has 0 spiro atoms. The lowest BCUT2D eigenvalue weighted by atomic mass is 10.0. The molecule has 0 radical (unpaired) electrons. The van der Waals surface area contributed by atoms with Crippen LogP contribution in [0.3, 0.4) is 0 Å². The van der Waals surface area contributed by atoms with E-state index in [0.29, 0.717) is 23.9 Å². The number of aromatic nitrogens is 2. The maximum absolute atomic E-state index is 12.3. The first-order valence-corrected chi connectivity index (χ1v) is 9.29. The van der Waals surface area contributed by atoms with Gasteiger partial charge in [0.2, 0.25) is 0 Å². The fourth-order valence-corrected chi connectivity index (χ4v) is 2.69. The van der Waals surface area contributed by atoms with Crippen molar-refractivity contribution in [2.45, 2.75) is 26.7 Å². The molecule has 144 valence electrons. The molecule has 0 unspecified atom stereocenters. The Morgan fingerprint density at radius 1 is 1.21 bits per heavy atom. The molecule has 6 heteroatoms. The zero-order chi connectivity index (χ0) is 19.9. The molecule has 0 fully saturated rings. The first-order valence-electron chi connectivity index (χ1n) is 9.29. The molecule has 6 nitrogen and oxygen atoms in total. The van der Waals surface area contributed by atoms with Crippen molar-refractivity contribution in [2.75, 3.05) is 6.61 Å². The maximum Gasteiger partial charge on any atom is 0.289 e. The van der Waals surface area contributed by atoms with Crippen molar-refractivity contribution >= 4 is 12.1 Å². The third kappa shape index (κ3) is 4.85. The molecule has 1 aromatic heterocycles. The van der Waals surface area contributed by atoms with E-state index in [1.165, 1.54) is 5.56 Å². The Morgan fingerprint density at radius 2 is 2.00 bits per heavy atom. The van der Waals surface area contributed by atoms with Gasteiger partial charge in [0.25, 0.3) is 5.91 Å². The number of H-pyrrole nitrogens is 1. The molecule has 0 aliphatic carbocycles. The van der Waals surface area contributed by atoms with E-state index >= 15 is 0 Å². The lowest BCUT2D eigenvalue weighted by molar-refractivity contribution is 0.0950. The predicted octanol–water partition coefficient (Wildman–Crippen LogP) is 4.36. The van der Waals surface area contributed by atoms with E-state index in [-0.39, 0.29) is 5.91 Å². The maximum atomic E-state index is 12.3. The summed E-state index contributed by atoms with van der Waals surface area (Å²) in [5, 5.41) is 11.0. The molecule has 0 aliphatic heterocycles. The highest BCUT2D eigenvalue weighted by Gasteiger charge is 2.11. The molecular weight excluding hydrogens is 352 g/mol. The summed E-state index contributed by atoms with van der Waals surface area (Å²) in [6.45, 7) is 6.82. The van der Waals surface area contributed by atoms with E-state index in [4.69, 9.17) is 4.74 Å². The molecule has 1 heterocycles. The van der Waals surface area contributed by atoms with E-state index in [9.17, 15) is 4.79 Å². The van der Waals surface area contributed by atoms with Crippen LogP contribution in [0.5, 0.6) is 5.75 Å². The third-order valence-electron chi connectivity index (χ3n) is 4.25. The summed E-state index contributed by atoms with van der Waals surface area (Å²) in [7, 11) is 0. The summed E-state index contributed by atoms with van der Waals surface area (Å²) < 4.78 is 5.50. The first kappa shape index (κ1) is 19.4. The Hall–Kier alpha value is -3.41. The molecule has 0 atom stereocenters. The summed E-state index contributed by atoms with van der Waals surface area (Å²) in [4.78, 5) is 12.3. The van der Waals surface area contributed by atoms with Crippen LogP contribution in [0.1, 0.15) is 48.3 Å². The lowest BCUT2D eigenvalue weighted by Crippen LogP contribution is -2.18. The van der Waals surface area contributed by atoms with Gasteiger partial charge in [-0.05, 0) is 42.2 Å². The van der Waals surface area contributed by atoms with Crippen LogP contribution in [0, 0.1) is 0 Å². The number of benzene rings is 2. The smallest absolute Gasteiger partial charge is 0.289 e. The van der Waals surface area contributed by atoms with Gasteiger partial charge in [0, 0.05) is 5.56 Å². The van der Waals surface area contributed by atoms with Gasteiger partial charge < -0.3 is 4.74 Å². The standard InChI is InChI=1S/C22H24N4O2/c1-4-28-19-7-5-6-18(12-19)20-13-21(25-24-20)22(27)26-23-14-16-8-10-17(11-9-16)15(2)3/h5-15H,4H2,1-3H3,(H,24,25)(H,26,27)/b23-14+. The second-order valence-corrected chi connectivity index (χ2v) is 6.65. The van der Waals surface area contributed by atoms with E-state index in [1.54, 1.807) is 12.3 Å². The van der Waals surface area contributed by atoms with Gasteiger partial charge in [-0.3, -0.25) is 9.89 Å². The average Bonchev–Trinajstić information content (AvgIpc) is 3.19. The number of aromatic amines is 1. The van der Waals surface area contributed by atoms with Gasteiger partial charge in [0.1, 0.15) is 11.4 Å². The number of amides is 1. The van der Waals surface area contributed by atoms with E-state index in [2.05, 4.69) is 46.7 Å². The third-order valence-corrected chi connectivity index (χ3v) is 4.25. The Kier molecular flexibility index (Phi) is 6.22. The van der Waals surface area contributed by atoms with Gasteiger partial charge in [-0.2, -0.15) is 10.2 Å². The second-order valence-electron chi connectivity index (χ2n) is 6.65. The van der Waals surface area contributed by atoms with Gasteiger partial charge in [0.15, 0.2) is 0 Å². The Morgan fingerprint density at radius 3 is 2.71 bits per heavy atom. The predicted molar refractivity (Wildman–Crippen MR) is 111 cm³/mol. The monoisotopic (exact) mass is 376 g/mol. The molecule has 2 aromatic carbocycles. The van der Waals surface area contributed by atoms with Gasteiger partial charge >= 0.3 is 0 Å². The molecule has 0 bridgehead atoms. The van der Waals surface area contributed by atoms with Crippen LogP contribution in [0.2, 0.25) is 0 Å². The van der Waals surface area contributed by atoms with Crippen LogP contribution in [-0.2, 0) is 0 Å². The number of hydrogen-bond acceptors (Lipinski definition) is 4. The van der Waals surface area contributed by atoms with Crippen LogP contribution < -0.4 is 10.2 Å². The van der Waals surface area contributed by atoms with Crippen molar-refractivity contribution < 1.29 is 9.53 Å². The minimum atomic E-state index is -0.352. The van der Waals surface area contributed by atoms with E-state index in [1.807, 2.05) is 43.3 Å². The fraction of sp³-hybridized carbons (Fsp3) is 0.227. The van der Waals surface area contributed by atoms with Crippen LogP contribution in [0.25, 0.3) is 11.3 Å². The van der Waals surface area contributed by atoms with Crippen LogP contribution in [0.15, 0.2) is 59.7 Å². The number of rotatable bonds is 7. The van der Waals surface area contributed by atoms with Crippen molar-refractivity contribution in [3.63, 3.8) is 0 Å². The summed E-state index contributed by atoms with van der Waals surface area (Å²) in [6, 6.07) is 17.3. The van der Waals surface area contributed by atoms with Crippen molar-refractivity contribution in [3.8, 4) is 17.0 Å². The minimum Gasteiger partial charge on any atom is -0.494 e. The minimum absolute atomic E-state index is 0.337. The van der Waals surface area contributed by atoms with Crippen LogP contribution >= 0.6 is 0 Å². The van der Waals surface area contributed by atoms with Gasteiger partial charge in [-0.15, -0.1) is 0 Å². The number of hydrogen-bond donors (Lipinski definition) is 2. The molecule has 1 amide bonds. The zero-order valence-corrected chi connectivity index (χ0v) is 16.3. The number of hydrazone groups is 1. The number of carbonyl (C=O) groups is 1. The van der Waals surface area contributed by atoms with Crippen molar-refractivity contribution in [1.82, 2.24) is 15.6 Å². The van der Waals surface area contributed by atoms with Crippen molar-refractivity contribution in [2.24, 2.45) is 5.10 Å². The normalized spacial score (nSPS) is 11.1. The van der Waals surface area contributed by atoms with Gasteiger partial charge in [0.05, 0.1) is 18.5 Å². The molecule has 0 saturated heterocycles. The molecular formula is C22H24N4O2. The summed E-state index contributed by atoms with van der Waals surface area (Å²) >= 11 is 0. The highest BCUT2D eigenvalue weighted by molar-refractivity contribution is 5.94. The Balaban J connectivity index is 1.63. The van der Waals surface area contributed by atoms with Crippen LogP contribution in [0.4, 0.5) is 0 Å².